The van der Waals surface area contributed by atoms with Crippen LogP contribution in [0, 0.1) is 5.92 Å². The van der Waals surface area contributed by atoms with Gasteiger partial charge in [0.1, 0.15) is 0 Å². The molecule has 0 spiro atoms. The molecule has 10 heavy (non-hydrogen) atoms. The van der Waals surface area contributed by atoms with Gasteiger partial charge in [0.25, 0.3) is 0 Å². The van der Waals surface area contributed by atoms with Crippen LogP contribution in [-0.2, 0) is 9.53 Å². The molecule has 1 aliphatic heterocycles. The average molecular weight is 143 g/mol. The van der Waals surface area contributed by atoms with Crippen molar-refractivity contribution in [1.29, 1.82) is 0 Å². The van der Waals surface area contributed by atoms with Gasteiger partial charge in [0.05, 0.1) is 12.5 Å². The molecule has 58 valence electrons. The number of hydrogen-bond acceptors (Lipinski definition) is 2. The predicted octanol–water partition coefficient (Wildman–Crippen LogP) is 0.111. The van der Waals surface area contributed by atoms with Crippen molar-refractivity contribution in [3.05, 3.63) is 0 Å². The first kappa shape index (κ1) is 7.54. The van der Waals surface area contributed by atoms with Gasteiger partial charge in [-0.1, -0.05) is 0 Å². The van der Waals surface area contributed by atoms with Crippen LogP contribution in [0.25, 0.3) is 0 Å². The van der Waals surface area contributed by atoms with E-state index in [1.165, 1.54) is 0 Å². The van der Waals surface area contributed by atoms with Crippen LogP contribution >= 0.6 is 0 Å². The van der Waals surface area contributed by atoms with Gasteiger partial charge in [-0.25, -0.2) is 0 Å². The second-order valence-electron chi connectivity index (χ2n) is 2.79. The molecule has 1 aliphatic rings. The van der Waals surface area contributed by atoms with Gasteiger partial charge in [0, 0.05) is 20.7 Å². The second kappa shape index (κ2) is 3.01. The summed E-state index contributed by atoms with van der Waals surface area (Å²) in [6, 6.07) is 0. The lowest BCUT2D eigenvalue weighted by atomic mass is 10.1. The maximum atomic E-state index is 11.2. The number of nitrogens with zero attached hydrogens (tertiary/aromatic N) is 1. The van der Waals surface area contributed by atoms with Crippen molar-refractivity contribution in [3.8, 4) is 0 Å². The van der Waals surface area contributed by atoms with Crippen LogP contribution in [0.2, 0.25) is 0 Å². The molecule has 0 radical (unpaired) electrons. The van der Waals surface area contributed by atoms with Crippen molar-refractivity contribution in [2.75, 3.05) is 27.3 Å². The number of carbonyl (C=O) groups is 1. The van der Waals surface area contributed by atoms with E-state index in [1.807, 2.05) is 0 Å². The molecule has 0 aliphatic carbocycles. The first-order valence-corrected chi connectivity index (χ1v) is 3.50. The molecule has 0 bridgehead atoms. The molecule has 3 heteroatoms. The summed E-state index contributed by atoms with van der Waals surface area (Å²) in [4.78, 5) is 12.8. The van der Waals surface area contributed by atoms with Crippen molar-refractivity contribution in [1.82, 2.24) is 4.90 Å². The van der Waals surface area contributed by atoms with Crippen molar-refractivity contribution in [2.45, 2.75) is 6.42 Å². The standard InChI is InChI=1S/C7H13NO2/c1-8(2)7(9)6-3-4-10-5-6/h6H,3-5H2,1-2H3. The summed E-state index contributed by atoms with van der Waals surface area (Å²) in [5.41, 5.74) is 0. The fourth-order valence-corrected chi connectivity index (χ4v) is 1.09. The summed E-state index contributed by atoms with van der Waals surface area (Å²) in [7, 11) is 3.56. The molecular formula is C7H13NO2. The molecule has 0 aromatic heterocycles. The Kier molecular flexibility index (Phi) is 2.27. The van der Waals surface area contributed by atoms with Gasteiger partial charge in [-0.3, -0.25) is 4.79 Å². The summed E-state index contributed by atoms with van der Waals surface area (Å²) < 4.78 is 5.08. The Morgan fingerprint density at radius 1 is 1.60 bits per heavy atom. The molecule has 0 aromatic carbocycles. The number of rotatable bonds is 1. The van der Waals surface area contributed by atoms with E-state index in [1.54, 1.807) is 19.0 Å². The zero-order chi connectivity index (χ0) is 7.56. The van der Waals surface area contributed by atoms with Crippen LogP contribution < -0.4 is 0 Å². The zero-order valence-corrected chi connectivity index (χ0v) is 6.46. The lowest BCUT2D eigenvalue weighted by Crippen LogP contribution is -2.29. The minimum Gasteiger partial charge on any atom is -0.381 e. The fourth-order valence-electron chi connectivity index (χ4n) is 1.09. The first-order valence-electron chi connectivity index (χ1n) is 3.50. The van der Waals surface area contributed by atoms with Gasteiger partial charge in [-0.15, -0.1) is 0 Å². The molecule has 1 amide bonds. The van der Waals surface area contributed by atoms with E-state index in [9.17, 15) is 4.79 Å². The summed E-state index contributed by atoms with van der Waals surface area (Å²) in [6.07, 6.45) is 0.886. The predicted molar refractivity (Wildman–Crippen MR) is 37.6 cm³/mol. The van der Waals surface area contributed by atoms with E-state index in [0.29, 0.717) is 6.61 Å². The third-order valence-electron chi connectivity index (χ3n) is 1.72. The highest BCUT2D eigenvalue weighted by molar-refractivity contribution is 5.78. The summed E-state index contributed by atoms with van der Waals surface area (Å²) in [5, 5.41) is 0. The van der Waals surface area contributed by atoms with E-state index in [-0.39, 0.29) is 11.8 Å². The largest absolute Gasteiger partial charge is 0.381 e. The summed E-state index contributed by atoms with van der Waals surface area (Å²) in [5.74, 6) is 0.312. The minimum absolute atomic E-state index is 0.120. The molecule has 1 fully saturated rings. The van der Waals surface area contributed by atoms with Crippen molar-refractivity contribution < 1.29 is 9.53 Å². The molecule has 3 nitrogen and oxygen atoms in total. The average Bonchev–Trinajstić information content (AvgIpc) is 2.36. The molecular weight excluding hydrogens is 130 g/mol. The van der Waals surface area contributed by atoms with E-state index in [2.05, 4.69) is 0 Å². The van der Waals surface area contributed by atoms with E-state index in [4.69, 9.17) is 4.74 Å². The molecule has 1 rings (SSSR count). The van der Waals surface area contributed by atoms with Gasteiger partial charge in [0.15, 0.2) is 0 Å². The first-order chi connectivity index (χ1) is 4.72. The van der Waals surface area contributed by atoms with Gasteiger partial charge in [-0.2, -0.15) is 0 Å². The highest BCUT2D eigenvalue weighted by Crippen LogP contribution is 2.13. The second-order valence-corrected chi connectivity index (χ2v) is 2.79. The fraction of sp³-hybridized carbons (Fsp3) is 0.857. The van der Waals surface area contributed by atoms with Crippen LogP contribution in [0.3, 0.4) is 0 Å². The minimum atomic E-state index is 0.120. The Balaban J connectivity index is 2.40. The molecule has 0 saturated carbocycles. The molecule has 0 aromatic rings. The Bertz CT molecular complexity index is 128. The number of ether oxygens (including phenoxy) is 1. The smallest absolute Gasteiger partial charge is 0.227 e. The van der Waals surface area contributed by atoms with Gasteiger partial charge < -0.3 is 9.64 Å². The third-order valence-corrected chi connectivity index (χ3v) is 1.72. The summed E-state index contributed by atoms with van der Waals surface area (Å²) >= 11 is 0. The quantitative estimate of drug-likeness (QED) is 0.521. The van der Waals surface area contributed by atoms with Gasteiger partial charge >= 0.3 is 0 Å². The zero-order valence-electron chi connectivity index (χ0n) is 6.46. The molecule has 1 unspecified atom stereocenters. The van der Waals surface area contributed by atoms with Gasteiger partial charge in [0.2, 0.25) is 5.91 Å². The maximum absolute atomic E-state index is 11.2. The Morgan fingerprint density at radius 2 is 2.30 bits per heavy atom. The van der Waals surface area contributed by atoms with Crippen LogP contribution in [0.5, 0.6) is 0 Å². The Labute approximate surface area is 61.0 Å². The van der Waals surface area contributed by atoms with E-state index < -0.39 is 0 Å². The van der Waals surface area contributed by atoms with E-state index in [0.717, 1.165) is 13.0 Å². The van der Waals surface area contributed by atoms with Crippen molar-refractivity contribution in [3.63, 3.8) is 0 Å². The highest BCUT2D eigenvalue weighted by Gasteiger charge is 2.24. The lowest BCUT2D eigenvalue weighted by molar-refractivity contribution is -0.132. The monoisotopic (exact) mass is 143 g/mol. The molecule has 0 N–H and O–H groups in total. The number of hydrogen-bond donors (Lipinski definition) is 0. The van der Waals surface area contributed by atoms with Crippen LogP contribution in [0.4, 0.5) is 0 Å². The molecule has 1 saturated heterocycles. The maximum Gasteiger partial charge on any atom is 0.227 e. The number of carbonyl (C=O) groups excluding carboxylic acids is 1. The molecule has 1 heterocycles. The molecule has 1 atom stereocenters. The van der Waals surface area contributed by atoms with Crippen molar-refractivity contribution in [2.24, 2.45) is 5.92 Å². The lowest BCUT2D eigenvalue weighted by Gasteiger charge is -2.13. The van der Waals surface area contributed by atoms with Crippen LogP contribution in [0.15, 0.2) is 0 Å². The normalized spacial score (nSPS) is 24.8. The van der Waals surface area contributed by atoms with Crippen LogP contribution in [0.1, 0.15) is 6.42 Å². The van der Waals surface area contributed by atoms with Crippen LogP contribution in [-0.4, -0.2) is 38.1 Å². The SMILES string of the molecule is CN(C)C(=O)C1CCOC1. The Morgan fingerprint density at radius 3 is 2.70 bits per heavy atom. The van der Waals surface area contributed by atoms with Gasteiger partial charge in [-0.05, 0) is 6.42 Å². The summed E-state index contributed by atoms with van der Waals surface area (Å²) in [6.45, 7) is 1.35. The van der Waals surface area contributed by atoms with Crippen molar-refractivity contribution >= 4 is 5.91 Å². The third kappa shape index (κ3) is 1.48. The highest BCUT2D eigenvalue weighted by atomic mass is 16.5. The number of amides is 1. The Hall–Kier alpha value is -0.570. The topological polar surface area (TPSA) is 29.5 Å². The van der Waals surface area contributed by atoms with E-state index >= 15 is 0 Å².